The second-order valence-electron chi connectivity index (χ2n) is 7.49. The van der Waals surface area contributed by atoms with E-state index in [1.807, 2.05) is 6.92 Å². The molecule has 1 unspecified atom stereocenters. The van der Waals surface area contributed by atoms with Crippen LogP contribution < -0.4 is 0 Å². The number of hydrogen-bond donors (Lipinski definition) is 0. The molecule has 0 spiro atoms. The van der Waals surface area contributed by atoms with Crippen LogP contribution >= 0.6 is 0 Å². The van der Waals surface area contributed by atoms with Crippen LogP contribution in [0.3, 0.4) is 0 Å². The first-order valence-corrected chi connectivity index (χ1v) is 8.85. The second-order valence-corrected chi connectivity index (χ2v) is 7.49. The van der Waals surface area contributed by atoms with Crippen molar-refractivity contribution in [3.63, 3.8) is 0 Å². The molecule has 140 valence electrons. The highest BCUT2D eigenvalue weighted by molar-refractivity contribution is 5.99. The van der Waals surface area contributed by atoms with Gasteiger partial charge >= 0.3 is 11.9 Å². The molecule has 3 heterocycles. The van der Waals surface area contributed by atoms with E-state index in [0.29, 0.717) is 17.8 Å². The number of ketones is 1. The Hall–Kier alpha value is -2.37. The highest BCUT2D eigenvalue weighted by Crippen LogP contribution is 2.44. The van der Waals surface area contributed by atoms with Gasteiger partial charge < -0.3 is 14.2 Å². The average molecular weight is 360 g/mol. The fraction of sp³-hybridized carbons (Fsp3) is 0.550. The van der Waals surface area contributed by atoms with Gasteiger partial charge in [0, 0.05) is 29.6 Å². The predicted octanol–water partition coefficient (Wildman–Crippen LogP) is 2.63. The molecule has 0 saturated carbocycles. The summed E-state index contributed by atoms with van der Waals surface area (Å²) >= 11 is 0. The summed E-state index contributed by atoms with van der Waals surface area (Å²) in [5.41, 5.74) is -0.395. The van der Waals surface area contributed by atoms with Crippen molar-refractivity contribution in [1.29, 1.82) is 0 Å². The van der Waals surface area contributed by atoms with E-state index in [-0.39, 0.29) is 23.7 Å². The lowest BCUT2D eigenvalue weighted by molar-refractivity contribution is -0.153. The van der Waals surface area contributed by atoms with Crippen LogP contribution in [0.1, 0.15) is 40.5 Å². The zero-order valence-electron chi connectivity index (χ0n) is 15.5. The molecule has 6 nitrogen and oxygen atoms in total. The van der Waals surface area contributed by atoms with E-state index >= 15 is 0 Å². The van der Waals surface area contributed by atoms with Gasteiger partial charge in [-0.05, 0) is 27.2 Å². The number of esters is 2. The Morgan fingerprint density at radius 2 is 2.12 bits per heavy atom. The van der Waals surface area contributed by atoms with E-state index in [2.05, 4.69) is 6.58 Å². The standard InChI is InChI=1S/C20H24O6/c1-6-10(2)18(22)25-15-9-20(5)16(21)8-13(26-20)11(3)7-14-17(15)12(4)19(23)24-14/h6,8,11,14-15,17H,4,7,9H2,1-3,5H3/b10-6-/t11?,14-,15+,17-,20-/m1/s1. The molecule has 6 heteroatoms. The van der Waals surface area contributed by atoms with Crippen LogP contribution in [0.15, 0.2) is 35.6 Å². The van der Waals surface area contributed by atoms with Gasteiger partial charge in [0.15, 0.2) is 5.60 Å². The fourth-order valence-electron chi connectivity index (χ4n) is 3.75. The molecule has 3 aliphatic heterocycles. The molecule has 0 aromatic rings. The summed E-state index contributed by atoms with van der Waals surface area (Å²) in [6, 6.07) is 0. The molecule has 26 heavy (non-hydrogen) atoms. The smallest absolute Gasteiger partial charge is 0.334 e. The van der Waals surface area contributed by atoms with Crippen molar-refractivity contribution in [3.8, 4) is 0 Å². The van der Waals surface area contributed by atoms with Crippen molar-refractivity contribution in [2.45, 2.75) is 58.3 Å². The minimum Gasteiger partial charge on any atom is -0.483 e. The van der Waals surface area contributed by atoms with Crippen molar-refractivity contribution in [2.24, 2.45) is 11.8 Å². The van der Waals surface area contributed by atoms with Gasteiger partial charge in [0.1, 0.15) is 18.0 Å². The third kappa shape index (κ3) is 2.97. The minimum atomic E-state index is -1.13. The predicted molar refractivity (Wildman–Crippen MR) is 92.8 cm³/mol. The van der Waals surface area contributed by atoms with Crippen molar-refractivity contribution >= 4 is 17.7 Å². The van der Waals surface area contributed by atoms with Crippen molar-refractivity contribution in [1.82, 2.24) is 0 Å². The summed E-state index contributed by atoms with van der Waals surface area (Å²) in [7, 11) is 0. The summed E-state index contributed by atoms with van der Waals surface area (Å²) < 4.78 is 17.2. The van der Waals surface area contributed by atoms with E-state index < -0.39 is 35.7 Å². The van der Waals surface area contributed by atoms with Crippen LogP contribution in [-0.2, 0) is 28.6 Å². The summed E-state index contributed by atoms with van der Waals surface area (Å²) in [4.78, 5) is 37.0. The average Bonchev–Trinajstić information content (AvgIpc) is 3.03. The van der Waals surface area contributed by atoms with Crippen LogP contribution in [0.25, 0.3) is 0 Å². The number of hydrogen-bond acceptors (Lipinski definition) is 6. The molecule has 2 saturated heterocycles. The van der Waals surface area contributed by atoms with Gasteiger partial charge in [0.25, 0.3) is 0 Å². The highest BCUT2D eigenvalue weighted by atomic mass is 16.6. The normalized spacial score (nSPS) is 37.0. The fourth-order valence-corrected chi connectivity index (χ4v) is 3.75. The number of rotatable bonds is 2. The second kappa shape index (κ2) is 6.41. The highest BCUT2D eigenvalue weighted by Gasteiger charge is 2.53. The van der Waals surface area contributed by atoms with Crippen LogP contribution in [-0.4, -0.2) is 35.5 Å². The number of carbonyl (C=O) groups excluding carboxylic acids is 3. The Balaban J connectivity index is 2.00. The van der Waals surface area contributed by atoms with Crippen LogP contribution in [0, 0.1) is 11.8 Å². The first-order valence-electron chi connectivity index (χ1n) is 8.85. The maximum Gasteiger partial charge on any atom is 0.334 e. The summed E-state index contributed by atoms with van der Waals surface area (Å²) in [6.07, 6.45) is 2.57. The third-order valence-electron chi connectivity index (χ3n) is 5.54. The van der Waals surface area contributed by atoms with Gasteiger partial charge in [-0.1, -0.05) is 19.6 Å². The number of ether oxygens (including phenoxy) is 3. The van der Waals surface area contributed by atoms with Crippen LogP contribution in [0.5, 0.6) is 0 Å². The minimum absolute atomic E-state index is 0.0984. The molecule has 2 bridgehead atoms. The molecule has 3 rings (SSSR count). The third-order valence-corrected chi connectivity index (χ3v) is 5.54. The lowest BCUT2D eigenvalue weighted by Crippen LogP contribution is -2.43. The van der Waals surface area contributed by atoms with Crippen molar-refractivity contribution < 1.29 is 28.6 Å². The Morgan fingerprint density at radius 1 is 1.42 bits per heavy atom. The summed E-state index contributed by atoms with van der Waals surface area (Å²) in [6.45, 7) is 10.9. The molecular formula is C20H24O6. The maximum atomic E-state index is 12.5. The van der Waals surface area contributed by atoms with Crippen LogP contribution in [0.4, 0.5) is 0 Å². The Labute approximate surface area is 152 Å². The molecule has 5 atom stereocenters. The van der Waals surface area contributed by atoms with E-state index in [1.165, 1.54) is 6.08 Å². The quantitative estimate of drug-likeness (QED) is 0.556. The molecule has 0 aromatic heterocycles. The molecule has 0 radical (unpaired) electrons. The molecule has 3 aliphatic rings. The Morgan fingerprint density at radius 3 is 2.77 bits per heavy atom. The van der Waals surface area contributed by atoms with Crippen LogP contribution in [0.2, 0.25) is 0 Å². The first-order chi connectivity index (χ1) is 12.2. The zero-order chi connectivity index (χ0) is 19.2. The zero-order valence-corrected chi connectivity index (χ0v) is 15.5. The summed E-state index contributed by atoms with van der Waals surface area (Å²) in [5, 5.41) is 0. The van der Waals surface area contributed by atoms with E-state index in [9.17, 15) is 14.4 Å². The molecular weight excluding hydrogens is 336 g/mol. The van der Waals surface area contributed by atoms with Crippen molar-refractivity contribution in [3.05, 3.63) is 35.6 Å². The Kier molecular flexibility index (Phi) is 4.54. The lowest BCUT2D eigenvalue weighted by Gasteiger charge is -2.31. The monoisotopic (exact) mass is 360 g/mol. The largest absolute Gasteiger partial charge is 0.483 e. The molecule has 0 aromatic carbocycles. The molecule has 0 aliphatic carbocycles. The van der Waals surface area contributed by atoms with E-state index in [0.717, 1.165) is 0 Å². The Bertz CT molecular complexity index is 745. The molecule has 0 amide bonds. The van der Waals surface area contributed by atoms with Gasteiger partial charge in [-0.3, -0.25) is 4.79 Å². The van der Waals surface area contributed by atoms with Gasteiger partial charge in [-0.25, -0.2) is 9.59 Å². The van der Waals surface area contributed by atoms with E-state index in [1.54, 1.807) is 26.8 Å². The van der Waals surface area contributed by atoms with Gasteiger partial charge in [0.2, 0.25) is 5.78 Å². The SMILES string of the molecule is C=C1C(=O)O[C@@H]2CC(C)C3=CC(=O)[C@@](C)(C[C@H](OC(=O)/C(C)=C\C)[C@H]12)O3. The summed E-state index contributed by atoms with van der Waals surface area (Å²) in [5.74, 6) is -1.13. The van der Waals surface area contributed by atoms with E-state index in [4.69, 9.17) is 14.2 Å². The van der Waals surface area contributed by atoms with Gasteiger partial charge in [-0.2, -0.15) is 0 Å². The van der Waals surface area contributed by atoms with Crippen molar-refractivity contribution in [2.75, 3.05) is 0 Å². The van der Waals surface area contributed by atoms with Gasteiger partial charge in [0.05, 0.1) is 5.92 Å². The van der Waals surface area contributed by atoms with Gasteiger partial charge in [-0.15, -0.1) is 0 Å². The number of allylic oxidation sites excluding steroid dienone is 2. The lowest BCUT2D eigenvalue weighted by atomic mass is 9.80. The topological polar surface area (TPSA) is 78.9 Å². The number of fused-ring (bicyclic) bond motifs is 3. The molecule has 0 N–H and O–H groups in total. The first kappa shape index (κ1) is 18.4. The number of carbonyl (C=O) groups is 3. The maximum absolute atomic E-state index is 12.5. The molecule has 2 fully saturated rings.